The minimum Gasteiger partial charge on any atom is -0.495 e. The molecule has 0 unspecified atom stereocenters. The zero-order chi connectivity index (χ0) is 25.7. The van der Waals surface area contributed by atoms with Crippen LogP contribution in [-0.2, 0) is 0 Å². The van der Waals surface area contributed by atoms with Gasteiger partial charge in [0.05, 0.1) is 24.2 Å². The van der Waals surface area contributed by atoms with E-state index in [1.165, 1.54) is 0 Å². The first-order chi connectivity index (χ1) is 17.3. The number of rotatable bonds is 5. The maximum Gasteiger partial charge on any atom is 0.323 e. The minimum absolute atomic E-state index is 0.147. The third-order valence-corrected chi connectivity index (χ3v) is 6.20. The summed E-state index contributed by atoms with van der Waals surface area (Å²) in [5.74, 6) is 0.598. The lowest BCUT2D eigenvalue weighted by molar-refractivity contribution is 0.208. The van der Waals surface area contributed by atoms with Crippen LogP contribution >= 0.6 is 0 Å². The molecule has 1 aliphatic rings. The topological polar surface area (TPSA) is 112 Å². The Morgan fingerprint density at radius 2 is 1.61 bits per heavy atom. The number of anilines is 5. The third kappa shape index (κ3) is 5.80. The van der Waals surface area contributed by atoms with E-state index in [-0.39, 0.29) is 12.1 Å². The Labute approximate surface area is 211 Å². The molecular formula is C27H32N6O3. The van der Waals surface area contributed by atoms with Crippen LogP contribution in [-0.4, -0.2) is 50.3 Å². The van der Waals surface area contributed by atoms with Crippen molar-refractivity contribution in [2.24, 2.45) is 0 Å². The highest BCUT2D eigenvalue weighted by Gasteiger charge is 2.22. The monoisotopic (exact) mass is 488 g/mol. The average Bonchev–Trinajstić information content (AvgIpc) is 2.87. The van der Waals surface area contributed by atoms with Crippen molar-refractivity contribution in [3.8, 4) is 5.75 Å². The third-order valence-electron chi connectivity index (χ3n) is 6.20. The van der Waals surface area contributed by atoms with Crippen molar-refractivity contribution in [2.75, 3.05) is 59.9 Å². The van der Waals surface area contributed by atoms with Gasteiger partial charge in [-0.15, -0.1) is 0 Å². The second-order valence-corrected chi connectivity index (χ2v) is 8.77. The molecule has 9 nitrogen and oxygen atoms in total. The number of nitrogens with zero attached hydrogens (tertiary/aromatic N) is 2. The number of ether oxygens (including phenoxy) is 1. The Balaban J connectivity index is 1.29. The van der Waals surface area contributed by atoms with Gasteiger partial charge in [0.1, 0.15) is 5.75 Å². The predicted molar refractivity (Wildman–Crippen MR) is 145 cm³/mol. The molecule has 0 bridgehead atoms. The molecule has 0 saturated carbocycles. The number of carbonyl (C=O) groups excluding carboxylic acids is 2. The summed E-state index contributed by atoms with van der Waals surface area (Å²) in [5, 5.41) is 8.63. The van der Waals surface area contributed by atoms with Crippen LogP contribution in [0.15, 0.2) is 60.7 Å². The summed E-state index contributed by atoms with van der Waals surface area (Å²) in [5.41, 5.74) is 11.5. The van der Waals surface area contributed by atoms with Crippen LogP contribution in [0.2, 0.25) is 0 Å². The molecule has 0 radical (unpaired) electrons. The van der Waals surface area contributed by atoms with E-state index in [9.17, 15) is 9.59 Å². The van der Waals surface area contributed by atoms with Crippen molar-refractivity contribution in [2.45, 2.75) is 13.8 Å². The van der Waals surface area contributed by atoms with Gasteiger partial charge in [0, 0.05) is 37.6 Å². The molecule has 4 rings (SSSR count). The summed E-state index contributed by atoms with van der Waals surface area (Å²) < 4.78 is 5.31. The highest BCUT2D eigenvalue weighted by atomic mass is 16.5. The first kappa shape index (κ1) is 24.7. The fraction of sp³-hybridized carbons (Fsp3) is 0.259. The molecule has 0 aliphatic carbocycles. The summed E-state index contributed by atoms with van der Waals surface area (Å²) in [7, 11) is 1.57. The number of hydrogen-bond acceptors (Lipinski definition) is 5. The molecule has 1 heterocycles. The van der Waals surface area contributed by atoms with Crippen LogP contribution in [0.4, 0.5) is 38.0 Å². The Hall–Kier alpha value is -4.40. The number of methoxy groups -OCH3 is 1. The second-order valence-electron chi connectivity index (χ2n) is 8.77. The summed E-state index contributed by atoms with van der Waals surface area (Å²) in [6.45, 7) is 6.48. The van der Waals surface area contributed by atoms with Gasteiger partial charge in [-0.05, 0) is 67.4 Å². The number of urea groups is 2. The molecule has 3 aromatic carbocycles. The van der Waals surface area contributed by atoms with Crippen molar-refractivity contribution >= 4 is 40.5 Å². The number of hydrogen-bond donors (Lipinski definition) is 4. The molecular weight excluding hydrogens is 456 g/mol. The van der Waals surface area contributed by atoms with Gasteiger partial charge in [-0.2, -0.15) is 0 Å². The van der Waals surface area contributed by atoms with Gasteiger partial charge in [-0.25, -0.2) is 9.59 Å². The van der Waals surface area contributed by atoms with Crippen LogP contribution in [0.25, 0.3) is 0 Å². The smallest absolute Gasteiger partial charge is 0.323 e. The number of nitrogens with one attached hydrogen (secondary N) is 3. The van der Waals surface area contributed by atoms with Crippen molar-refractivity contribution in [3.63, 3.8) is 0 Å². The van der Waals surface area contributed by atoms with Crippen LogP contribution in [0.3, 0.4) is 0 Å². The van der Waals surface area contributed by atoms with Crippen molar-refractivity contribution in [1.82, 2.24) is 4.90 Å². The predicted octanol–water partition coefficient (Wildman–Crippen LogP) is 4.89. The number of para-hydroxylation sites is 1. The molecule has 0 aromatic heterocycles. The normalized spacial score (nSPS) is 13.2. The lowest BCUT2D eigenvalue weighted by atomic mass is 10.1. The van der Waals surface area contributed by atoms with Crippen molar-refractivity contribution < 1.29 is 14.3 Å². The van der Waals surface area contributed by atoms with E-state index in [1.54, 1.807) is 18.1 Å². The molecule has 1 aliphatic heterocycles. The van der Waals surface area contributed by atoms with E-state index in [1.807, 2.05) is 68.4 Å². The van der Waals surface area contributed by atoms with E-state index >= 15 is 0 Å². The Kier molecular flexibility index (Phi) is 7.48. The lowest BCUT2D eigenvalue weighted by Crippen LogP contribution is -2.50. The molecule has 1 saturated heterocycles. The number of piperazine rings is 1. The van der Waals surface area contributed by atoms with E-state index in [0.717, 1.165) is 16.8 Å². The number of nitrogens with two attached hydrogens (primary N) is 1. The SMILES string of the molecule is COc1ccc(C)cc1NC(=O)Nc1ccc(N2CCN(C(=O)Nc3c(C)cccc3N)CC2)cc1. The average molecular weight is 489 g/mol. The maximum atomic E-state index is 12.7. The number of nitrogen functional groups attached to an aromatic ring is 1. The summed E-state index contributed by atoms with van der Waals surface area (Å²) in [6.07, 6.45) is 0. The Bertz CT molecular complexity index is 1220. The number of aryl methyl sites for hydroxylation is 2. The molecule has 36 heavy (non-hydrogen) atoms. The molecule has 0 spiro atoms. The highest BCUT2D eigenvalue weighted by Crippen LogP contribution is 2.26. The molecule has 188 valence electrons. The maximum absolute atomic E-state index is 12.7. The van der Waals surface area contributed by atoms with E-state index in [4.69, 9.17) is 10.5 Å². The van der Waals surface area contributed by atoms with Gasteiger partial charge in [-0.3, -0.25) is 0 Å². The van der Waals surface area contributed by atoms with Gasteiger partial charge in [0.2, 0.25) is 0 Å². The van der Waals surface area contributed by atoms with Gasteiger partial charge in [-0.1, -0.05) is 18.2 Å². The fourth-order valence-electron chi connectivity index (χ4n) is 4.17. The lowest BCUT2D eigenvalue weighted by Gasteiger charge is -2.36. The van der Waals surface area contributed by atoms with E-state index in [2.05, 4.69) is 20.9 Å². The quantitative estimate of drug-likeness (QED) is 0.382. The van der Waals surface area contributed by atoms with Crippen molar-refractivity contribution in [3.05, 3.63) is 71.8 Å². The fourth-order valence-corrected chi connectivity index (χ4v) is 4.17. The zero-order valence-corrected chi connectivity index (χ0v) is 20.8. The van der Waals surface area contributed by atoms with Crippen LogP contribution in [0, 0.1) is 13.8 Å². The largest absolute Gasteiger partial charge is 0.495 e. The standard InChI is InChI=1S/C27H32N6O3/c1-18-7-12-24(36-3)23(17-18)30-26(34)29-20-8-10-21(11-9-20)32-13-15-33(16-14-32)27(35)31-25-19(2)5-4-6-22(25)28/h4-12,17H,13-16,28H2,1-3H3,(H,31,35)(H2,29,30,34). The van der Waals surface area contributed by atoms with Crippen LogP contribution in [0.5, 0.6) is 5.75 Å². The van der Waals surface area contributed by atoms with Crippen molar-refractivity contribution in [1.29, 1.82) is 0 Å². The van der Waals surface area contributed by atoms with Gasteiger partial charge in [0.15, 0.2) is 0 Å². The summed E-state index contributed by atoms with van der Waals surface area (Å²) >= 11 is 0. The van der Waals surface area contributed by atoms with Crippen LogP contribution in [0.1, 0.15) is 11.1 Å². The minimum atomic E-state index is -0.347. The summed E-state index contributed by atoms with van der Waals surface area (Å²) in [6, 6.07) is 18.3. The molecule has 0 atom stereocenters. The Morgan fingerprint density at radius 1 is 0.889 bits per heavy atom. The number of amides is 4. The molecule has 1 fully saturated rings. The zero-order valence-electron chi connectivity index (χ0n) is 20.8. The molecule has 3 aromatic rings. The van der Waals surface area contributed by atoms with Gasteiger partial charge < -0.3 is 36.2 Å². The summed E-state index contributed by atoms with van der Waals surface area (Å²) in [4.78, 5) is 29.2. The van der Waals surface area contributed by atoms with E-state index < -0.39 is 0 Å². The Morgan fingerprint density at radius 3 is 2.28 bits per heavy atom. The molecule has 9 heteroatoms. The number of carbonyl (C=O) groups is 2. The van der Waals surface area contributed by atoms with E-state index in [0.29, 0.717) is 54.7 Å². The second kappa shape index (κ2) is 10.9. The van der Waals surface area contributed by atoms with Gasteiger partial charge >= 0.3 is 12.1 Å². The van der Waals surface area contributed by atoms with Crippen LogP contribution < -0.4 is 31.3 Å². The molecule has 4 amide bonds. The molecule has 5 N–H and O–H groups in total. The highest BCUT2D eigenvalue weighted by molar-refractivity contribution is 6.00. The van der Waals surface area contributed by atoms with Gasteiger partial charge in [0.25, 0.3) is 0 Å². The first-order valence-corrected chi connectivity index (χ1v) is 11.8. The number of benzene rings is 3. The first-order valence-electron chi connectivity index (χ1n) is 11.8.